The number of aliphatic hydroxyl groups is 1. The number of thiophene rings is 2. The number of rotatable bonds is 6. The maximum Gasteiger partial charge on any atom is 0.348 e. The van der Waals surface area contributed by atoms with Crippen LogP contribution in [0.4, 0.5) is 0 Å². The lowest BCUT2D eigenvalue weighted by Crippen LogP contribution is -2.70. The normalized spacial score (nSPS) is 37.8. The summed E-state index contributed by atoms with van der Waals surface area (Å²) in [6.45, 7) is 6.70. The SMILES string of the molecule is C=C1C(=O)C23CC[C@@H]1CC2[C@]1(COC(=O)c2cccs2)CCC[C@@](C)(COC(=O)c2cccs2)C1C[C@H]3O. The Morgan fingerprint density at radius 1 is 1.00 bits per heavy atom. The average molecular weight is 555 g/mol. The zero-order chi connectivity index (χ0) is 26.7. The van der Waals surface area contributed by atoms with Gasteiger partial charge < -0.3 is 14.6 Å². The molecule has 3 unspecified atom stereocenters. The quantitative estimate of drug-likeness (QED) is 0.352. The van der Waals surface area contributed by atoms with Gasteiger partial charge in [0.25, 0.3) is 0 Å². The van der Waals surface area contributed by atoms with Crippen molar-refractivity contribution >= 4 is 40.4 Å². The minimum absolute atomic E-state index is 0.0105. The van der Waals surface area contributed by atoms with Gasteiger partial charge in [0, 0.05) is 10.8 Å². The molecule has 0 radical (unpaired) electrons. The number of carbonyl (C=O) groups is 3. The van der Waals surface area contributed by atoms with Gasteiger partial charge in [0.05, 0.1) is 24.7 Å². The van der Waals surface area contributed by atoms with E-state index in [9.17, 15) is 19.5 Å². The summed E-state index contributed by atoms with van der Waals surface area (Å²) in [4.78, 5) is 40.7. The zero-order valence-electron chi connectivity index (χ0n) is 21.6. The lowest BCUT2D eigenvalue weighted by molar-refractivity contribution is -0.233. The van der Waals surface area contributed by atoms with Crippen LogP contribution >= 0.6 is 22.7 Å². The maximum absolute atomic E-state index is 13.8. The van der Waals surface area contributed by atoms with E-state index in [1.165, 1.54) is 22.7 Å². The van der Waals surface area contributed by atoms with Crippen LogP contribution in [-0.2, 0) is 14.3 Å². The number of ether oxygens (including phenoxy) is 2. The predicted octanol–water partition coefficient (Wildman–Crippen LogP) is 5.92. The number of fused-ring (bicyclic) bond motifs is 3. The molecule has 5 aliphatic carbocycles. The van der Waals surface area contributed by atoms with Crippen LogP contribution in [0.1, 0.15) is 71.2 Å². The van der Waals surface area contributed by atoms with E-state index in [-0.39, 0.29) is 48.7 Å². The van der Waals surface area contributed by atoms with E-state index in [1.807, 2.05) is 22.9 Å². The number of carbonyl (C=O) groups excluding carboxylic acids is 3. The van der Waals surface area contributed by atoms with Gasteiger partial charge in [-0.2, -0.15) is 0 Å². The van der Waals surface area contributed by atoms with Gasteiger partial charge in [0.2, 0.25) is 0 Å². The number of hydrogen-bond acceptors (Lipinski definition) is 8. The number of Topliss-reactive ketones (excluding diaryl/α,β-unsaturated/α-hetero) is 1. The van der Waals surface area contributed by atoms with Gasteiger partial charge in [-0.15, -0.1) is 22.7 Å². The summed E-state index contributed by atoms with van der Waals surface area (Å²) in [5.74, 6) is -0.739. The molecular formula is C30H34O6S2. The van der Waals surface area contributed by atoms with Gasteiger partial charge in [-0.25, -0.2) is 9.59 Å². The number of ketones is 1. The first kappa shape index (κ1) is 26.0. The summed E-state index contributed by atoms with van der Waals surface area (Å²) >= 11 is 2.71. The second kappa shape index (κ2) is 9.42. The van der Waals surface area contributed by atoms with Gasteiger partial charge in [0.15, 0.2) is 5.78 Å². The molecule has 2 heterocycles. The highest BCUT2D eigenvalue weighted by Gasteiger charge is 2.71. The van der Waals surface area contributed by atoms with Crippen molar-refractivity contribution in [2.75, 3.05) is 13.2 Å². The Kier molecular flexibility index (Phi) is 6.43. The van der Waals surface area contributed by atoms with Crippen molar-refractivity contribution in [1.29, 1.82) is 0 Å². The van der Waals surface area contributed by atoms with E-state index in [0.29, 0.717) is 28.2 Å². The van der Waals surface area contributed by atoms with Crippen LogP contribution < -0.4 is 0 Å². The van der Waals surface area contributed by atoms with Gasteiger partial charge in [-0.3, -0.25) is 4.79 Å². The standard InChI is InChI=1S/C30H34O6S2/c1-18-19-8-11-30(25(18)32)23(14-19)29(17-36-27(34)21-7-4-13-38-21)10-5-9-28(2,22(29)15-24(30)31)16-35-26(33)20-6-3-12-37-20/h3-4,6-7,12-13,19,22-24,31H,1,5,8-11,14-17H2,2H3/t19-,22?,23?,24-,28+,29+,30?/m1/s1. The molecule has 0 amide bonds. The van der Waals surface area contributed by atoms with E-state index in [1.54, 1.807) is 12.1 Å². The van der Waals surface area contributed by atoms with Gasteiger partial charge >= 0.3 is 11.9 Å². The van der Waals surface area contributed by atoms with E-state index in [0.717, 1.165) is 32.1 Å². The van der Waals surface area contributed by atoms with Crippen molar-refractivity contribution in [1.82, 2.24) is 0 Å². The fourth-order valence-electron chi connectivity index (χ4n) is 8.61. The zero-order valence-corrected chi connectivity index (χ0v) is 23.3. The molecule has 2 aromatic rings. The molecule has 2 aromatic heterocycles. The monoisotopic (exact) mass is 554 g/mol. The predicted molar refractivity (Wildman–Crippen MR) is 145 cm³/mol. The fourth-order valence-corrected chi connectivity index (χ4v) is 9.84. The highest BCUT2D eigenvalue weighted by molar-refractivity contribution is 7.12. The van der Waals surface area contributed by atoms with Crippen molar-refractivity contribution in [3.63, 3.8) is 0 Å². The van der Waals surface area contributed by atoms with Crippen molar-refractivity contribution in [3.05, 3.63) is 56.9 Å². The molecule has 1 spiro atoms. The van der Waals surface area contributed by atoms with Crippen LogP contribution in [-0.4, -0.2) is 42.1 Å². The summed E-state index contributed by atoms with van der Waals surface area (Å²) in [7, 11) is 0. The van der Waals surface area contributed by atoms with E-state index < -0.39 is 22.3 Å². The third-order valence-corrected chi connectivity index (χ3v) is 12.1. The number of esters is 2. The lowest BCUT2D eigenvalue weighted by atomic mass is 9.35. The number of hydrogen-bond donors (Lipinski definition) is 1. The third kappa shape index (κ3) is 3.78. The minimum Gasteiger partial charge on any atom is -0.461 e. The smallest absolute Gasteiger partial charge is 0.348 e. The van der Waals surface area contributed by atoms with Gasteiger partial charge in [-0.1, -0.05) is 32.1 Å². The summed E-state index contributed by atoms with van der Waals surface area (Å²) in [6, 6.07) is 7.18. The molecule has 0 aliphatic heterocycles. The summed E-state index contributed by atoms with van der Waals surface area (Å²) < 4.78 is 11.9. The second-order valence-electron chi connectivity index (χ2n) is 12.1. The molecule has 2 bridgehead atoms. The molecule has 5 aliphatic rings. The molecule has 8 heteroatoms. The molecule has 7 rings (SSSR count). The molecule has 5 saturated carbocycles. The molecular weight excluding hydrogens is 520 g/mol. The summed E-state index contributed by atoms with van der Waals surface area (Å²) in [5, 5.41) is 15.4. The first-order valence-corrected chi connectivity index (χ1v) is 15.3. The molecule has 5 fully saturated rings. The molecule has 6 nitrogen and oxygen atoms in total. The fraction of sp³-hybridized carbons (Fsp3) is 0.567. The Balaban J connectivity index is 1.36. The number of aliphatic hydroxyl groups excluding tert-OH is 1. The first-order valence-electron chi connectivity index (χ1n) is 13.5. The van der Waals surface area contributed by atoms with Crippen LogP contribution in [0.15, 0.2) is 47.2 Å². The maximum atomic E-state index is 13.8. The van der Waals surface area contributed by atoms with Crippen LogP contribution in [0.3, 0.4) is 0 Å². The average Bonchev–Trinajstić information content (AvgIpc) is 3.65. The molecule has 0 saturated heterocycles. The van der Waals surface area contributed by atoms with Crippen LogP contribution in [0.25, 0.3) is 0 Å². The Morgan fingerprint density at radius 2 is 1.66 bits per heavy atom. The topological polar surface area (TPSA) is 89.9 Å². The van der Waals surface area contributed by atoms with Crippen LogP contribution in [0.5, 0.6) is 0 Å². The molecule has 1 N–H and O–H groups in total. The first-order chi connectivity index (χ1) is 18.2. The lowest BCUT2D eigenvalue weighted by Gasteiger charge is -2.68. The van der Waals surface area contributed by atoms with Crippen molar-refractivity contribution < 1.29 is 29.0 Å². The molecule has 38 heavy (non-hydrogen) atoms. The van der Waals surface area contributed by atoms with E-state index in [4.69, 9.17) is 9.47 Å². The van der Waals surface area contributed by atoms with Crippen molar-refractivity contribution in [2.45, 2.75) is 58.0 Å². The highest BCUT2D eigenvalue weighted by Crippen LogP contribution is 2.71. The Bertz CT molecular complexity index is 1250. The highest BCUT2D eigenvalue weighted by atomic mass is 32.1. The molecule has 7 atom stereocenters. The Labute approximate surface area is 231 Å². The van der Waals surface area contributed by atoms with Crippen LogP contribution in [0, 0.1) is 34.0 Å². The summed E-state index contributed by atoms with van der Waals surface area (Å²) in [6.07, 6.45) is 4.45. The Hall–Kier alpha value is -2.29. The van der Waals surface area contributed by atoms with Crippen molar-refractivity contribution in [3.8, 4) is 0 Å². The van der Waals surface area contributed by atoms with Crippen molar-refractivity contribution in [2.24, 2.45) is 34.0 Å². The molecule has 0 aromatic carbocycles. The minimum atomic E-state index is -0.871. The largest absolute Gasteiger partial charge is 0.461 e. The van der Waals surface area contributed by atoms with Gasteiger partial charge in [0.1, 0.15) is 9.75 Å². The molecule has 202 valence electrons. The van der Waals surface area contributed by atoms with E-state index in [2.05, 4.69) is 13.5 Å². The van der Waals surface area contributed by atoms with E-state index >= 15 is 0 Å². The third-order valence-electron chi connectivity index (χ3n) is 10.4. The van der Waals surface area contributed by atoms with Gasteiger partial charge in [-0.05, 0) is 84.7 Å². The number of allylic oxidation sites excluding steroid dienone is 1. The Morgan fingerprint density at radius 3 is 2.29 bits per heavy atom. The second-order valence-corrected chi connectivity index (χ2v) is 14.0. The summed E-state index contributed by atoms with van der Waals surface area (Å²) in [5.41, 5.74) is -1.12. The van der Waals surface area contributed by atoms with Crippen LogP contribution in [0.2, 0.25) is 0 Å².